The Labute approximate surface area is 262 Å². The molecule has 1 aliphatic rings. The molecule has 1 fully saturated rings. The summed E-state index contributed by atoms with van der Waals surface area (Å²) in [7, 11) is 0. The Balaban J connectivity index is 1.55. The van der Waals surface area contributed by atoms with Crippen LogP contribution in [0.5, 0.6) is 11.5 Å². The maximum absolute atomic E-state index is 10.6. The van der Waals surface area contributed by atoms with Crippen molar-refractivity contribution in [3.8, 4) is 11.5 Å². The van der Waals surface area contributed by atoms with Crippen LogP contribution in [-0.2, 0) is 32.0 Å². The highest BCUT2D eigenvalue weighted by molar-refractivity contribution is 9.10. The summed E-state index contributed by atoms with van der Waals surface area (Å²) in [6, 6.07) is 7.03. The predicted molar refractivity (Wildman–Crippen MR) is 164 cm³/mol. The summed E-state index contributed by atoms with van der Waals surface area (Å²) >= 11 is 6.90. The molecule has 0 bridgehead atoms. The minimum absolute atomic E-state index is 0.0581. The Morgan fingerprint density at radius 1 is 0.595 bits per heavy atom. The third kappa shape index (κ3) is 11.8. The fraction of sp³-hybridized carbons (Fsp3) is 0.500. The zero-order chi connectivity index (χ0) is 30.2. The second kappa shape index (κ2) is 19.1. The van der Waals surface area contributed by atoms with E-state index in [2.05, 4.69) is 52.0 Å². The molecule has 14 heteroatoms. The zero-order valence-corrected chi connectivity index (χ0v) is 26.5. The fourth-order valence-corrected chi connectivity index (χ4v) is 5.41. The Kier molecular flexibility index (Phi) is 15.5. The largest absolute Gasteiger partial charge is 0.507 e. The zero-order valence-electron chi connectivity index (χ0n) is 23.3. The molecule has 232 valence electrons. The first kappa shape index (κ1) is 34.2. The van der Waals surface area contributed by atoms with E-state index in [4.69, 9.17) is 29.4 Å². The molecular weight excluding hydrogens is 680 g/mol. The van der Waals surface area contributed by atoms with Gasteiger partial charge in [-0.15, -0.1) is 0 Å². The van der Waals surface area contributed by atoms with Crippen LogP contribution >= 0.6 is 31.9 Å². The Morgan fingerprint density at radius 3 is 1.24 bits per heavy atom. The van der Waals surface area contributed by atoms with E-state index in [1.54, 1.807) is 12.1 Å². The van der Waals surface area contributed by atoms with Gasteiger partial charge in [-0.05, 0) is 24.3 Å². The van der Waals surface area contributed by atoms with E-state index in [0.29, 0.717) is 114 Å². The van der Waals surface area contributed by atoms with Gasteiger partial charge in [-0.25, -0.2) is 0 Å². The standard InChI is InChI=1S/C28H38Br2N4O8/c29-25-13-21(17-31-37)27(35)23(15-25)19-33-1-5-39-9-10-41-7-3-34(4-8-42-12-11-40-6-2-33)20-24-16-26(30)14-22(18-32-38)28(24)36/h13-18,35-38H,1-12,19-20H2/b31-17+,32-18+. The van der Waals surface area contributed by atoms with E-state index in [1.807, 2.05) is 12.1 Å². The van der Waals surface area contributed by atoms with Gasteiger partial charge < -0.3 is 39.6 Å². The minimum Gasteiger partial charge on any atom is -0.507 e. The summed E-state index contributed by atoms with van der Waals surface area (Å²) < 4.78 is 24.8. The van der Waals surface area contributed by atoms with Crippen molar-refractivity contribution in [2.45, 2.75) is 13.1 Å². The predicted octanol–water partition coefficient (Wildman–Crippen LogP) is 3.62. The summed E-state index contributed by atoms with van der Waals surface area (Å²) in [6.45, 7) is 6.98. The first-order valence-electron chi connectivity index (χ1n) is 13.5. The van der Waals surface area contributed by atoms with Gasteiger partial charge in [0.1, 0.15) is 11.5 Å². The van der Waals surface area contributed by atoms with Gasteiger partial charge in [0.15, 0.2) is 0 Å². The number of ether oxygens (including phenoxy) is 4. The second-order valence-corrected chi connectivity index (χ2v) is 11.3. The molecule has 3 rings (SSSR count). The fourth-order valence-electron chi connectivity index (χ4n) is 4.36. The Hall–Kier alpha value is -2.30. The number of phenols is 2. The maximum atomic E-state index is 10.6. The van der Waals surface area contributed by atoms with Crippen molar-refractivity contribution in [1.82, 2.24) is 9.80 Å². The van der Waals surface area contributed by atoms with E-state index in [-0.39, 0.29) is 11.5 Å². The van der Waals surface area contributed by atoms with Crippen molar-refractivity contribution < 1.29 is 39.6 Å². The molecule has 0 aliphatic carbocycles. The average Bonchev–Trinajstić information content (AvgIpc) is 2.95. The van der Waals surface area contributed by atoms with Crippen molar-refractivity contribution in [2.24, 2.45) is 10.3 Å². The molecule has 0 aromatic heterocycles. The number of aromatic hydroxyl groups is 2. The number of rotatable bonds is 6. The quantitative estimate of drug-likeness (QED) is 0.198. The SMILES string of the molecule is O/N=C/c1cc(Br)cc(CN2CCOCCOCCN(Cc3cc(Br)cc(/C=N/O)c3O)CCOCCOCC2)c1O. The van der Waals surface area contributed by atoms with Crippen molar-refractivity contribution in [2.75, 3.05) is 79.0 Å². The molecule has 42 heavy (non-hydrogen) atoms. The van der Waals surface area contributed by atoms with Crippen molar-refractivity contribution >= 4 is 44.3 Å². The summed E-state index contributed by atoms with van der Waals surface area (Å²) in [6.07, 6.45) is 2.40. The molecule has 1 heterocycles. The van der Waals surface area contributed by atoms with Crippen LogP contribution in [0.15, 0.2) is 43.5 Å². The number of oxime groups is 2. The summed E-state index contributed by atoms with van der Waals surface area (Å²) in [4.78, 5) is 4.25. The minimum atomic E-state index is 0.0581. The smallest absolute Gasteiger partial charge is 0.129 e. The van der Waals surface area contributed by atoms with Crippen LogP contribution in [0.25, 0.3) is 0 Å². The highest BCUT2D eigenvalue weighted by Crippen LogP contribution is 2.28. The van der Waals surface area contributed by atoms with Crippen LogP contribution in [0.2, 0.25) is 0 Å². The molecule has 0 atom stereocenters. The highest BCUT2D eigenvalue weighted by Gasteiger charge is 2.15. The number of hydrogen-bond acceptors (Lipinski definition) is 12. The molecule has 2 aromatic rings. The molecule has 0 spiro atoms. The van der Waals surface area contributed by atoms with Crippen LogP contribution in [0.1, 0.15) is 22.3 Å². The van der Waals surface area contributed by atoms with Crippen molar-refractivity contribution in [1.29, 1.82) is 0 Å². The van der Waals surface area contributed by atoms with Gasteiger partial charge in [0, 0.05) is 70.5 Å². The first-order chi connectivity index (χ1) is 20.4. The molecule has 0 saturated carbocycles. The number of halogens is 2. The van der Waals surface area contributed by atoms with Gasteiger partial charge in [0.2, 0.25) is 0 Å². The van der Waals surface area contributed by atoms with Crippen LogP contribution in [0.3, 0.4) is 0 Å². The molecule has 0 amide bonds. The Bertz CT molecular complexity index is 1060. The lowest BCUT2D eigenvalue weighted by molar-refractivity contribution is 0.00611. The normalized spacial score (nSPS) is 18.3. The van der Waals surface area contributed by atoms with E-state index in [1.165, 1.54) is 12.4 Å². The van der Waals surface area contributed by atoms with Gasteiger partial charge in [-0.2, -0.15) is 0 Å². The molecule has 1 aliphatic heterocycles. The van der Waals surface area contributed by atoms with Gasteiger partial charge in [0.05, 0.1) is 65.3 Å². The third-order valence-electron chi connectivity index (χ3n) is 6.50. The van der Waals surface area contributed by atoms with Crippen LogP contribution in [0.4, 0.5) is 0 Å². The molecule has 4 N–H and O–H groups in total. The van der Waals surface area contributed by atoms with Crippen LogP contribution < -0.4 is 0 Å². The second-order valence-electron chi connectivity index (χ2n) is 9.50. The van der Waals surface area contributed by atoms with Gasteiger partial charge in [0.25, 0.3) is 0 Å². The molecule has 12 nitrogen and oxygen atoms in total. The molecule has 0 radical (unpaired) electrons. The Morgan fingerprint density at radius 2 is 0.929 bits per heavy atom. The lowest BCUT2D eigenvalue weighted by Crippen LogP contribution is -2.32. The van der Waals surface area contributed by atoms with Gasteiger partial charge >= 0.3 is 0 Å². The number of hydrogen-bond donors (Lipinski definition) is 4. The maximum Gasteiger partial charge on any atom is 0.129 e. The van der Waals surface area contributed by atoms with E-state index < -0.39 is 0 Å². The third-order valence-corrected chi connectivity index (χ3v) is 7.41. The highest BCUT2D eigenvalue weighted by atomic mass is 79.9. The first-order valence-corrected chi connectivity index (χ1v) is 15.1. The topological polar surface area (TPSA) is 149 Å². The van der Waals surface area contributed by atoms with Crippen LogP contribution in [0, 0.1) is 0 Å². The molecule has 1 saturated heterocycles. The van der Waals surface area contributed by atoms with Crippen molar-refractivity contribution in [3.63, 3.8) is 0 Å². The number of benzene rings is 2. The number of phenolic OH excluding ortho intramolecular Hbond substituents is 2. The van der Waals surface area contributed by atoms with Gasteiger partial charge in [-0.3, -0.25) is 9.80 Å². The lowest BCUT2D eigenvalue weighted by Gasteiger charge is -2.24. The summed E-state index contributed by atoms with van der Waals surface area (Å²) in [5.41, 5.74) is 2.20. The van der Waals surface area contributed by atoms with Crippen molar-refractivity contribution in [3.05, 3.63) is 55.5 Å². The summed E-state index contributed by atoms with van der Waals surface area (Å²) in [5, 5.41) is 45.2. The van der Waals surface area contributed by atoms with E-state index in [0.717, 1.165) is 8.95 Å². The molecule has 2 aromatic carbocycles. The monoisotopic (exact) mass is 716 g/mol. The lowest BCUT2D eigenvalue weighted by atomic mass is 10.1. The molecule has 0 unspecified atom stereocenters. The van der Waals surface area contributed by atoms with E-state index in [9.17, 15) is 10.2 Å². The van der Waals surface area contributed by atoms with Crippen LogP contribution in [-0.4, -0.2) is 122 Å². The summed E-state index contributed by atoms with van der Waals surface area (Å²) in [5.74, 6) is 0.116. The average molecular weight is 718 g/mol. The number of nitrogens with zero attached hydrogens (tertiary/aromatic N) is 4. The molecular formula is C28H38Br2N4O8. The van der Waals surface area contributed by atoms with E-state index >= 15 is 0 Å². The van der Waals surface area contributed by atoms with Gasteiger partial charge in [-0.1, -0.05) is 42.2 Å².